The molecule has 0 fully saturated rings. The van der Waals surface area contributed by atoms with Crippen molar-refractivity contribution in [2.45, 2.75) is 23.0 Å². The van der Waals surface area contributed by atoms with E-state index in [1.807, 2.05) is 0 Å². The van der Waals surface area contributed by atoms with Gasteiger partial charge in [0.25, 0.3) is 5.71 Å². The van der Waals surface area contributed by atoms with Crippen molar-refractivity contribution in [3.8, 4) is 0 Å². The Kier molecular flexibility index (Phi) is 3.32. The summed E-state index contributed by atoms with van der Waals surface area (Å²) in [4.78, 5) is 8.46. The van der Waals surface area contributed by atoms with Crippen molar-refractivity contribution in [2.24, 2.45) is 0 Å². The third-order valence-electron chi connectivity index (χ3n) is 2.78. The summed E-state index contributed by atoms with van der Waals surface area (Å²) < 4.78 is 43.2. The molecule has 0 unspecified atom stereocenters. The molecular formula is C13H8F3N3OS. The van der Waals surface area contributed by atoms with Gasteiger partial charge in [0.1, 0.15) is 11.4 Å². The van der Waals surface area contributed by atoms with E-state index < -0.39 is 11.7 Å². The lowest BCUT2D eigenvalue weighted by Gasteiger charge is -2.08. The first-order valence-electron chi connectivity index (χ1n) is 5.87. The number of alkyl halides is 3. The summed E-state index contributed by atoms with van der Waals surface area (Å²) in [5.41, 5.74) is 0.219. The molecule has 2 heterocycles. The van der Waals surface area contributed by atoms with Crippen LogP contribution in [-0.2, 0) is 6.18 Å². The molecule has 0 atom stereocenters. The monoisotopic (exact) mass is 311 g/mol. The minimum absolute atomic E-state index is 0.317. The highest BCUT2D eigenvalue weighted by Gasteiger charge is 2.30. The summed E-state index contributed by atoms with van der Waals surface area (Å²) in [5, 5.41) is 4.91. The minimum atomic E-state index is -4.37. The maximum absolute atomic E-state index is 12.7. The predicted molar refractivity (Wildman–Crippen MR) is 69.9 cm³/mol. The third-order valence-corrected chi connectivity index (χ3v) is 3.78. The van der Waals surface area contributed by atoms with Crippen LogP contribution >= 0.6 is 11.8 Å². The van der Waals surface area contributed by atoms with Gasteiger partial charge in [0, 0.05) is 4.90 Å². The molecule has 8 heteroatoms. The number of aryl methyl sites for hydroxylation is 1. The molecule has 4 nitrogen and oxygen atoms in total. The smallest absolute Gasteiger partial charge is 0.335 e. The van der Waals surface area contributed by atoms with E-state index in [1.54, 1.807) is 13.0 Å². The number of rotatable bonds is 2. The summed E-state index contributed by atoms with van der Waals surface area (Å²) in [7, 11) is 0. The van der Waals surface area contributed by atoms with Crippen molar-refractivity contribution in [3.05, 3.63) is 41.9 Å². The Morgan fingerprint density at radius 1 is 1.19 bits per heavy atom. The molecule has 0 radical (unpaired) electrons. The van der Waals surface area contributed by atoms with Gasteiger partial charge in [0.05, 0.1) is 16.6 Å². The lowest BCUT2D eigenvalue weighted by atomic mass is 10.2. The van der Waals surface area contributed by atoms with E-state index in [0.717, 1.165) is 23.9 Å². The molecule has 0 aliphatic rings. The zero-order valence-electron chi connectivity index (χ0n) is 10.7. The van der Waals surface area contributed by atoms with Crippen LogP contribution in [0.1, 0.15) is 11.3 Å². The van der Waals surface area contributed by atoms with Gasteiger partial charge in [-0.25, -0.2) is 4.98 Å². The molecule has 0 saturated carbocycles. The first kappa shape index (κ1) is 13.9. The van der Waals surface area contributed by atoms with Crippen LogP contribution in [0.4, 0.5) is 13.2 Å². The molecule has 0 bridgehead atoms. The molecule has 3 aromatic rings. The SMILES string of the molecule is Cc1noc2ncnc(Sc3cccc(C(F)(F)F)c3)c12. The number of benzene rings is 1. The number of aromatic nitrogens is 3. The van der Waals surface area contributed by atoms with Crippen molar-refractivity contribution in [2.75, 3.05) is 0 Å². The van der Waals surface area contributed by atoms with Crippen LogP contribution in [0.15, 0.2) is 45.0 Å². The fraction of sp³-hybridized carbons (Fsp3) is 0.154. The Labute approximate surface area is 121 Å². The molecule has 0 aliphatic heterocycles. The average molecular weight is 311 g/mol. The van der Waals surface area contributed by atoms with Crippen LogP contribution in [0.5, 0.6) is 0 Å². The van der Waals surface area contributed by atoms with Gasteiger partial charge < -0.3 is 4.52 Å². The summed E-state index contributed by atoms with van der Waals surface area (Å²) >= 11 is 1.12. The summed E-state index contributed by atoms with van der Waals surface area (Å²) in [6.07, 6.45) is -3.08. The minimum Gasteiger partial charge on any atom is -0.335 e. The van der Waals surface area contributed by atoms with Crippen LogP contribution < -0.4 is 0 Å². The fourth-order valence-corrected chi connectivity index (χ4v) is 2.81. The Balaban J connectivity index is 2.01. The number of fused-ring (bicyclic) bond motifs is 1. The van der Waals surface area contributed by atoms with Crippen molar-refractivity contribution in [1.82, 2.24) is 15.1 Å². The van der Waals surface area contributed by atoms with Crippen molar-refractivity contribution in [1.29, 1.82) is 0 Å². The quantitative estimate of drug-likeness (QED) is 0.667. The highest BCUT2D eigenvalue weighted by Crippen LogP contribution is 2.36. The molecule has 0 N–H and O–H groups in total. The second-order valence-electron chi connectivity index (χ2n) is 4.25. The molecule has 0 saturated heterocycles. The van der Waals surface area contributed by atoms with E-state index in [-0.39, 0.29) is 0 Å². The third kappa shape index (κ3) is 2.71. The van der Waals surface area contributed by atoms with E-state index in [0.29, 0.717) is 26.7 Å². The van der Waals surface area contributed by atoms with Crippen LogP contribution in [0.2, 0.25) is 0 Å². The number of hydrogen-bond acceptors (Lipinski definition) is 5. The second-order valence-corrected chi connectivity index (χ2v) is 5.32. The lowest BCUT2D eigenvalue weighted by molar-refractivity contribution is -0.137. The van der Waals surface area contributed by atoms with Gasteiger partial charge in [-0.2, -0.15) is 18.2 Å². The van der Waals surface area contributed by atoms with E-state index in [1.165, 1.54) is 12.4 Å². The molecule has 0 amide bonds. The van der Waals surface area contributed by atoms with Crippen molar-refractivity contribution < 1.29 is 17.7 Å². The Bertz CT molecular complexity index is 801. The maximum Gasteiger partial charge on any atom is 0.416 e. The number of hydrogen-bond donors (Lipinski definition) is 0. The van der Waals surface area contributed by atoms with Gasteiger partial charge >= 0.3 is 6.18 Å². The van der Waals surface area contributed by atoms with Crippen LogP contribution in [0, 0.1) is 6.92 Å². The highest BCUT2D eigenvalue weighted by atomic mass is 32.2. The van der Waals surface area contributed by atoms with Crippen LogP contribution in [0.25, 0.3) is 11.1 Å². The maximum atomic E-state index is 12.7. The standard InChI is InChI=1S/C13H8F3N3OS/c1-7-10-11(20-19-7)17-6-18-12(10)21-9-4-2-3-8(5-9)13(14,15)16/h2-6H,1H3. The lowest BCUT2D eigenvalue weighted by Crippen LogP contribution is -2.04. The summed E-state index contributed by atoms with van der Waals surface area (Å²) in [6, 6.07) is 5.08. The Morgan fingerprint density at radius 3 is 2.76 bits per heavy atom. The van der Waals surface area contributed by atoms with Crippen molar-refractivity contribution in [3.63, 3.8) is 0 Å². The van der Waals surface area contributed by atoms with E-state index in [2.05, 4.69) is 15.1 Å². The summed E-state index contributed by atoms with van der Waals surface area (Å²) in [5.74, 6) is 0. The fourth-order valence-electron chi connectivity index (χ4n) is 1.82. The first-order chi connectivity index (χ1) is 9.95. The molecule has 108 valence electrons. The molecule has 21 heavy (non-hydrogen) atoms. The van der Waals surface area contributed by atoms with Gasteiger partial charge in [-0.1, -0.05) is 23.0 Å². The van der Waals surface area contributed by atoms with Crippen molar-refractivity contribution >= 4 is 22.9 Å². The topological polar surface area (TPSA) is 51.8 Å². The van der Waals surface area contributed by atoms with Crippen LogP contribution in [0.3, 0.4) is 0 Å². The zero-order valence-corrected chi connectivity index (χ0v) is 11.5. The zero-order chi connectivity index (χ0) is 15.0. The first-order valence-corrected chi connectivity index (χ1v) is 6.69. The number of nitrogens with zero attached hydrogens (tertiary/aromatic N) is 3. The largest absolute Gasteiger partial charge is 0.416 e. The normalized spacial score (nSPS) is 12.0. The van der Waals surface area contributed by atoms with Gasteiger partial charge in [-0.15, -0.1) is 0 Å². The Hall–Kier alpha value is -2.09. The highest BCUT2D eigenvalue weighted by molar-refractivity contribution is 7.99. The second kappa shape index (κ2) is 5.03. The molecule has 1 aromatic carbocycles. The van der Waals surface area contributed by atoms with Crippen LogP contribution in [-0.4, -0.2) is 15.1 Å². The van der Waals surface area contributed by atoms with E-state index in [9.17, 15) is 13.2 Å². The molecule has 3 rings (SSSR count). The van der Waals surface area contributed by atoms with E-state index in [4.69, 9.17) is 4.52 Å². The van der Waals surface area contributed by atoms with Gasteiger partial charge in [0.2, 0.25) is 0 Å². The summed E-state index contributed by atoms with van der Waals surface area (Å²) in [6.45, 7) is 1.73. The van der Waals surface area contributed by atoms with E-state index >= 15 is 0 Å². The van der Waals surface area contributed by atoms with Gasteiger partial charge in [-0.3, -0.25) is 0 Å². The predicted octanol–water partition coefficient (Wildman–Crippen LogP) is 4.10. The molecule has 0 aliphatic carbocycles. The molecular weight excluding hydrogens is 303 g/mol. The molecule has 0 spiro atoms. The van der Waals surface area contributed by atoms with Gasteiger partial charge in [-0.05, 0) is 25.1 Å². The van der Waals surface area contributed by atoms with Gasteiger partial charge in [0.15, 0.2) is 0 Å². The average Bonchev–Trinajstić information content (AvgIpc) is 2.81. The molecule has 2 aromatic heterocycles. The Morgan fingerprint density at radius 2 is 2.00 bits per heavy atom. The number of halogens is 3.